The third kappa shape index (κ3) is 2.18. The first kappa shape index (κ1) is 12.8. The molecule has 4 heteroatoms. The van der Waals surface area contributed by atoms with Gasteiger partial charge in [0.15, 0.2) is 0 Å². The molecule has 0 spiro atoms. The summed E-state index contributed by atoms with van der Waals surface area (Å²) >= 11 is 0. The molecule has 104 valence electrons. The van der Waals surface area contributed by atoms with Gasteiger partial charge in [0, 0.05) is 12.2 Å². The number of methoxy groups -OCH3 is 1. The maximum absolute atomic E-state index is 11.6. The maximum Gasteiger partial charge on any atom is 0.341 e. The Labute approximate surface area is 118 Å². The van der Waals surface area contributed by atoms with Crippen molar-refractivity contribution in [3.8, 4) is 0 Å². The highest BCUT2D eigenvalue weighted by Crippen LogP contribution is 2.29. The summed E-state index contributed by atoms with van der Waals surface area (Å²) in [6.45, 7) is 3.44. The monoisotopic (exact) mass is 271 g/mol. The molecule has 0 amide bonds. The van der Waals surface area contributed by atoms with Crippen molar-refractivity contribution in [1.29, 1.82) is 0 Å². The average molecular weight is 271 g/mol. The molecular weight excluding hydrogens is 254 g/mol. The minimum atomic E-state index is -0.348. The van der Waals surface area contributed by atoms with Gasteiger partial charge in [-0.2, -0.15) is 0 Å². The van der Waals surface area contributed by atoms with E-state index < -0.39 is 0 Å². The Morgan fingerprint density at radius 1 is 1.40 bits per heavy atom. The van der Waals surface area contributed by atoms with E-state index >= 15 is 0 Å². The fourth-order valence-corrected chi connectivity index (χ4v) is 2.69. The van der Waals surface area contributed by atoms with Gasteiger partial charge in [-0.15, -0.1) is 0 Å². The number of rotatable bonds is 3. The fourth-order valence-electron chi connectivity index (χ4n) is 2.69. The first-order valence-corrected chi connectivity index (χ1v) is 6.69. The second-order valence-corrected chi connectivity index (χ2v) is 4.97. The van der Waals surface area contributed by atoms with E-state index in [0.29, 0.717) is 17.9 Å². The van der Waals surface area contributed by atoms with E-state index in [-0.39, 0.29) is 5.97 Å². The molecule has 0 bridgehead atoms. The lowest BCUT2D eigenvalue weighted by Gasteiger charge is -2.17. The van der Waals surface area contributed by atoms with Gasteiger partial charge in [-0.1, -0.05) is 18.2 Å². The summed E-state index contributed by atoms with van der Waals surface area (Å²) in [5.74, 6) is 1.05. The third-order valence-corrected chi connectivity index (χ3v) is 3.70. The second kappa shape index (κ2) is 5.04. The van der Waals surface area contributed by atoms with Gasteiger partial charge in [-0.05, 0) is 31.0 Å². The lowest BCUT2D eigenvalue weighted by Crippen LogP contribution is -2.19. The number of aryl methyl sites for hydroxylation is 1. The van der Waals surface area contributed by atoms with Crippen molar-refractivity contribution in [1.82, 2.24) is 0 Å². The van der Waals surface area contributed by atoms with Gasteiger partial charge in [0.2, 0.25) is 0 Å². The summed E-state index contributed by atoms with van der Waals surface area (Å²) in [5, 5.41) is 0. The van der Waals surface area contributed by atoms with Crippen LogP contribution in [0.3, 0.4) is 0 Å². The Hall–Kier alpha value is -2.23. The van der Waals surface area contributed by atoms with Crippen LogP contribution in [0.15, 0.2) is 34.7 Å². The summed E-state index contributed by atoms with van der Waals surface area (Å²) in [4.78, 5) is 13.9. The number of ether oxygens (including phenoxy) is 1. The SMILES string of the molecule is COC(=O)c1cc(CN2CCc3ccccc32)oc1C. The van der Waals surface area contributed by atoms with E-state index in [9.17, 15) is 4.79 Å². The van der Waals surface area contributed by atoms with Crippen molar-refractivity contribution >= 4 is 11.7 Å². The number of nitrogens with zero attached hydrogens (tertiary/aromatic N) is 1. The first-order valence-electron chi connectivity index (χ1n) is 6.69. The molecule has 0 atom stereocenters. The quantitative estimate of drug-likeness (QED) is 0.805. The van der Waals surface area contributed by atoms with Crippen molar-refractivity contribution in [3.63, 3.8) is 0 Å². The Morgan fingerprint density at radius 2 is 2.20 bits per heavy atom. The van der Waals surface area contributed by atoms with E-state index in [1.807, 2.05) is 6.07 Å². The van der Waals surface area contributed by atoms with Gasteiger partial charge >= 0.3 is 5.97 Å². The minimum absolute atomic E-state index is 0.348. The number of anilines is 1. The number of hydrogen-bond donors (Lipinski definition) is 0. The molecule has 4 nitrogen and oxygen atoms in total. The smallest absolute Gasteiger partial charge is 0.341 e. The molecular formula is C16H17NO3. The Bertz CT molecular complexity index is 645. The van der Waals surface area contributed by atoms with Crippen molar-refractivity contribution in [2.75, 3.05) is 18.6 Å². The van der Waals surface area contributed by atoms with Gasteiger partial charge in [0.25, 0.3) is 0 Å². The van der Waals surface area contributed by atoms with Crippen LogP contribution in [0.5, 0.6) is 0 Å². The molecule has 1 aromatic heterocycles. The molecule has 0 saturated carbocycles. The van der Waals surface area contributed by atoms with E-state index in [0.717, 1.165) is 18.7 Å². The molecule has 0 saturated heterocycles. The molecule has 1 aliphatic rings. The summed E-state index contributed by atoms with van der Waals surface area (Å²) < 4.78 is 10.4. The summed E-state index contributed by atoms with van der Waals surface area (Å²) in [5.41, 5.74) is 3.13. The molecule has 0 radical (unpaired) electrons. The molecule has 20 heavy (non-hydrogen) atoms. The van der Waals surface area contributed by atoms with E-state index in [2.05, 4.69) is 23.1 Å². The van der Waals surface area contributed by atoms with Crippen LogP contribution >= 0.6 is 0 Å². The number of para-hydroxylation sites is 1. The highest BCUT2D eigenvalue weighted by Gasteiger charge is 2.21. The zero-order chi connectivity index (χ0) is 14.1. The van der Waals surface area contributed by atoms with Crippen LogP contribution in [0.1, 0.15) is 27.4 Å². The molecule has 0 aliphatic carbocycles. The van der Waals surface area contributed by atoms with Crippen molar-refractivity contribution in [2.24, 2.45) is 0 Å². The lowest BCUT2D eigenvalue weighted by atomic mass is 10.2. The average Bonchev–Trinajstić information content (AvgIpc) is 3.03. The predicted octanol–water partition coefficient (Wildman–Crippen LogP) is 2.94. The van der Waals surface area contributed by atoms with Gasteiger partial charge < -0.3 is 14.1 Å². The fraction of sp³-hybridized carbons (Fsp3) is 0.312. The number of fused-ring (bicyclic) bond motifs is 1. The van der Waals surface area contributed by atoms with Crippen LogP contribution in [-0.4, -0.2) is 19.6 Å². The molecule has 2 aromatic rings. The summed E-state index contributed by atoms with van der Waals surface area (Å²) in [7, 11) is 1.38. The number of furan rings is 1. The molecule has 1 aromatic carbocycles. The number of carbonyl (C=O) groups is 1. The van der Waals surface area contributed by atoms with E-state index in [1.165, 1.54) is 18.4 Å². The van der Waals surface area contributed by atoms with Gasteiger partial charge in [0.05, 0.1) is 13.7 Å². The first-order chi connectivity index (χ1) is 9.69. The Balaban J connectivity index is 1.81. The molecule has 0 N–H and O–H groups in total. The predicted molar refractivity (Wildman–Crippen MR) is 76.0 cm³/mol. The maximum atomic E-state index is 11.6. The number of benzene rings is 1. The Kier molecular flexibility index (Phi) is 3.22. The molecule has 0 unspecified atom stereocenters. The van der Waals surface area contributed by atoms with Crippen LogP contribution in [0, 0.1) is 6.92 Å². The van der Waals surface area contributed by atoms with Crippen LogP contribution in [-0.2, 0) is 17.7 Å². The van der Waals surface area contributed by atoms with Gasteiger partial charge in [0.1, 0.15) is 17.1 Å². The Morgan fingerprint density at radius 3 is 3.00 bits per heavy atom. The standard InChI is InChI=1S/C16H17NO3/c1-11-14(16(18)19-2)9-13(20-11)10-17-8-7-12-5-3-4-6-15(12)17/h3-6,9H,7-8,10H2,1-2H3. The second-order valence-electron chi connectivity index (χ2n) is 4.97. The summed E-state index contributed by atoms with van der Waals surface area (Å²) in [6, 6.07) is 10.2. The summed E-state index contributed by atoms with van der Waals surface area (Å²) in [6.07, 6.45) is 1.06. The highest BCUT2D eigenvalue weighted by atomic mass is 16.5. The topological polar surface area (TPSA) is 42.7 Å². The minimum Gasteiger partial charge on any atom is -0.465 e. The van der Waals surface area contributed by atoms with Crippen molar-refractivity contribution < 1.29 is 13.9 Å². The number of carbonyl (C=O) groups excluding carboxylic acids is 1. The van der Waals surface area contributed by atoms with Crippen LogP contribution < -0.4 is 4.90 Å². The molecule has 1 aliphatic heterocycles. The van der Waals surface area contributed by atoms with Crippen LogP contribution in [0.25, 0.3) is 0 Å². The molecule has 0 fully saturated rings. The molecule has 3 rings (SSSR count). The normalized spacial score (nSPS) is 13.4. The third-order valence-electron chi connectivity index (χ3n) is 3.70. The highest BCUT2D eigenvalue weighted by molar-refractivity contribution is 5.90. The zero-order valence-corrected chi connectivity index (χ0v) is 11.7. The van der Waals surface area contributed by atoms with Gasteiger partial charge in [-0.3, -0.25) is 0 Å². The van der Waals surface area contributed by atoms with Crippen molar-refractivity contribution in [3.05, 3.63) is 53.0 Å². The van der Waals surface area contributed by atoms with Crippen LogP contribution in [0.4, 0.5) is 5.69 Å². The number of hydrogen-bond acceptors (Lipinski definition) is 4. The van der Waals surface area contributed by atoms with Crippen molar-refractivity contribution in [2.45, 2.75) is 19.9 Å². The van der Waals surface area contributed by atoms with Crippen LogP contribution in [0.2, 0.25) is 0 Å². The lowest BCUT2D eigenvalue weighted by molar-refractivity contribution is 0.0599. The zero-order valence-electron chi connectivity index (χ0n) is 11.7. The largest absolute Gasteiger partial charge is 0.465 e. The number of esters is 1. The molecule has 2 heterocycles. The van der Waals surface area contributed by atoms with E-state index in [1.54, 1.807) is 13.0 Å². The van der Waals surface area contributed by atoms with Gasteiger partial charge in [-0.25, -0.2) is 4.79 Å². The van der Waals surface area contributed by atoms with E-state index in [4.69, 9.17) is 9.15 Å².